The fourth-order valence-electron chi connectivity index (χ4n) is 2.46. The fourth-order valence-corrected chi connectivity index (χ4v) is 2.99. The van der Waals surface area contributed by atoms with Crippen LogP contribution in [0.2, 0.25) is 5.02 Å². The van der Waals surface area contributed by atoms with Gasteiger partial charge in [0.1, 0.15) is 23.9 Å². The molecule has 148 valence electrons. The normalized spacial score (nSPS) is 10.9. The predicted molar refractivity (Wildman–Crippen MR) is 106 cm³/mol. The second-order valence-electron chi connectivity index (χ2n) is 6.06. The van der Waals surface area contributed by atoms with Crippen LogP contribution >= 0.6 is 27.5 Å². The van der Waals surface area contributed by atoms with Crippen LogP contribution in [0.4, 0.5) is 4.39 Å². The van der Waals surface area contributed by atoms with E-state index in [1.54, 1.807) is 12.1 Å². The van der Waals surface area contributed by atoms with E-state index >= 15 is 0 Å². The number of aromatic nitrogens is 2. The number of ether oxygens (including phenoxy) is 1. The lowest BCUT2D eigenvalue weighted by Crippen LogP contribution is -2.24. The molecule has 6 nitrogen and oxygen atoms in total. The maximum absolute atomic E-state index is 13.0. The molecule has 1 amide bonds. The molecule has 0 aliphatic rings. The lowest BCUT2D eigenvalue weighted by molar-refractivity contribution is 0.0920. The number of benzene rings is 1. The number of rotatable bonds is 8. The van der Waals surface area contributed by atoms with Crippen LogP contribution in [-0.4, -0.2) is 22.2 Å². The Hall–Kier alpha value is -2.32. The summed E-state index contributed by atoms with van der Waals surface area (Å²) in [6.07, 6.45) is 2.64. The summed E-state index contributed by atoms with van der Waals surface area (Å²) >= 11 is 9.32. The summed E-state index contributed by atoms with van der Waals surface area (Å²) in [5.41, 5.74) is 0.927. The third-order valence-electron chi connectivity index (χ3n) is 3.89. The van der Waals surface area contributed by atoms with Crippen molar-refractivity contribution in [2.45, 2.75) is 26.5 Å². The van der Waals surface area contributed by atoms with E-state index in [4.69, 9.17) is 20.8 Å². The Kier molecular flexibility index (Phi) is 6.74. The Morgan fingerprint density at radius 2 is 2.21 bits per heavy atom. The van der Waals surface area contributed by atoms with Crippen molar-refractivity contribution in [1.29, 1.82) is 0 Å². The molecule has 0 saturated carbocycles. The highest BCUT2D eigenvalue weighted by molar-refractivity contribution is 9.10. The summed E-state index contributed by atoms with van der Waals surface area (Å²) < 4.78 is 26.8. The van der Waals surface area contributed by atoms with E-state index in [1.165, 1.54) is 18.2 Å². The zero-order chi connectivity index (χ0) is 20.1. The first-order valence-corrected chi connectivity index (χ1v) is 9.74. The number of nitrogens with one attached hydrogen (secondary N) is 1. The Balaban J connectivity index is 1.44. The lowest BCUT2D eigenvalue weighted by Gasteiger charge is -2.06. The quantitative estimate of drug-likeness (QED) is 0.483. The number of hydrogen-bond acceptors (Lipinski definition) is 4. The molecule has 9 heteroatoms. The number of hydrogen-bond donors (Lipinski definition) is 1. The molecule has 3 rings (SSSR count). The van der Waals surface area contributed by atoms with E-state index in [0.29, 0.717) is 24.6 Å². The SMILES string of the molecule is Cc1nn(CCCNC(=O)c2ccc(COc3ccc(F)cc3Cl)o2)cc1Br. The Morgan fingerprint density at radius 1 is 1.39 bits per heavy atom. The van der Waals surface area contributed by atoms with Crippen LogP contribution in [0.15, 0.2) is 45.4 Å². The van der Waals surface area contributed by atoms with Gasteiger partial charge in [0, 0.05) is 19.3 Å². The molecule has 0 radical (unpaired) electrons. The van der Waals surface area contributed by atoms with Gasteiger partial charge in [0.2, 0.25) is 0 Å². The molecule has 2 aromatic heterocycles. The monoisotopic (exact) mass is 469 g/mol. The minimum absolute atomic E-state index is 0.0756. The molecule has 1 aromatic carbocycles. The van der Waals surface area contributed by atoms with E-state index in [0.717, 1.165) is 16.6 Å². The van der Waals surface area contributed by atoms with E-state index < -0.39 is 5.82 Å². The number of carbonyl (C=O) groups is 1. The first-order valence-electron chi connectivity index (χ1n) is 8.56. The molecular weight excluding hydrogens is 453 g/mol. The molecule has 3 aromatic rings. The molecular formula is C19H18BrClFN3O3. The van der Waals surface area contributed by atoms with Gasteiger partial charge in [0.05, 0.1) is 15.2 Å². The van der Waals surface area contributed by atoms with E-state index in [1.807, 2.05) is 17.8 Å². The van der Waals surface area contributed by atoms with Gasteiger partial charge in [-0.05, 0) is 59.6 Å². The average Bonchev–Trinajstić information content (AvgIpc) is 3.25. The molecule has 0 spiro atoms. The first-order chi connectivity index (χ1) is 13.4. The summed E-state index contributed by atoms with van der Waals surface area (Å²) in [6, 6.07) is 7.09. The number of halogens is 3. The van der Waals surface area contributed by atoms with Crippen molar-refractivity contribution in [1.82, 2.24) is 15.1 Å². The van der Waals surface area contributed by atoms with Crippen molar-refractivity contribution in [3.8, 4) is 5.75 Å². The molecule has 0 atom stereocenters. The molecule has 0 aliphatic carbocycles. The highest BCUT2D eigenvalue weighted by atomic mass is 79.9. The second kappa shape index (κ2) is 9.25. The standard InChI is InChI=1S/C19H18BrClFN3O3/c1-12-15(20)10-25(24-12)8-2-7-23-19(26)18-6-4-14(28-18)11-27-17-5-3-13(22)9-16(17)21/h3-6,9-10H,2,7-8,11H2,1H3,(H,23,26). The number of amides is 1. The van der Waals surface area contributed by atoms with Gasteiger partial charge in [-0.2, -0.15) is 5.10 Å². The van der Waals surface area contributed by atoms with Crippen LogP contribution in [0.25, 0.3) is 0 Å². The van der Waals surface area contributed by atoms with Gasteiger partial charge in [-0.15, -0.1) is 0 Å². The molecule has 0 bridgehead atoms. The zero-order valence-corrected chi connectivity index (χ0v) is 17.4. The summed E-state index contributed by atoms with van der Waals surface area (Å²) in [7, 11) is 0. The number of furan rings is 1. The predicted octanol–water partition coefficient (Wildman–Crippen LogP) is 4.74. The Morgan fingerprint density at radius 3 is 2.93 bits per heavy atom. The molecule has 0 saturated heterocycles. The van der Waals surface area contributed by atoms with Gasteiger partial charge in [0.15, 0.2) is 5.76 Å². The van der Waals surface area contributed by atoms with E-state index in [9.17, 15) is 9.18 Å². The summed E-state index contributed by atoms with van der Waals surface area (Å²) in [5.74, 6) is 0.253. The van der Waals surface area contributed by atoms with Crippen LogP contribution in [-0.2, 0) is 13.2 Å². The molecule has 28 heavy (non-hydrogen) atoms. The topological polar surface area (TPSA) is 69.3 Å². The van der Waals surface area contributed by atoms with Crippen molar-refractivity contribution >= 4 is 33.4 Å². The highest BCUT2D eigenvalue weighted by Crippen LogP contribution is 2.26. The number of nitrogens with zero attached hydrogens (tertiary/aromatic N) is 2. The molecule has 1 N–H and O–H groups in total. The van der Waals surface area contributed by atoms with Gasteiger partial charge in [-0.3, -0.25) is 9.48 Å². The molecule has 2 heterocycles. The van der Waals surface area contributed by atoms with Crippen molar-refractivity contribution in [2.75, 3.05) is 6.54 Å². The van der Waals surface area contributed by atoms with Crippen molar-refractivity contribution < 1.29 is 18.3 Å². The highest BCUT2D eigenvalue weighted by Gasteiger charge is 2.12. The Labute approximate surface area is 174 Å². The van der Waals surface area contributed by atoms with Crippen molar-refractivity contribution in [3.05, 3.63) is 69.1 Å². The van der Waals surface area contributed by atoms with E-state index in [2.05, 4.69) is 26.3 Å². The number of aryl methyl sites for hydroxylation is 2. The maximum atomic E-state index is 13.0. The zero-order valence-electron chi connectivity index (χ0n) is 15.0. The van der Waals surface area contributed by atoms with Crippen molar-refractivity contribution in [2.24, 2.45) is 0 Å². The van der Waals surface area contributed by atoms with Crippen LogP contribution in [0.1, 0.15) is 28.4 Å². The minimum atomic E-state index is -0.440. The summed E-state index contributed by atoms with van der Waals surface area (Å²) in [6.45, 7) is 3.19. The molecule has 0 fully saturated rings. The number of carbonyl (C=O) groups excluding carboxylic acids is 1. The minimum Gasteiger partial charge on any atom is -0.484 e. The van der Waals surface area contributed by atoms with Gasteiger partial charge in [0.25, 0.3) is 5.91 Å². The average molecular weight is 471 g/mol. The van der Waals surface area contributed by atoms with Gasteiger partial charge in [-0.1, -0.05) is 11.6 Å². The molecule has 0 aliphatic heterocycles. The maximum Gasteiger partial charge on any atom is 0.286 e. The smallest absolute Gasteiger partial charge is 0.286 e. The summed E-state index contributed by atoms with van der Waals surface area (Å²) in [5, 5.41) is 7.31. The fraction of sp³-hybridized carbons (Fsp3) is 0.263. The van der Waals surface area contributed by atoms with Crippen LogP contribution in [0, 0.1) is 12.7 Å². The van der Waals surface area contributed by atoms with Gasteiger partial charge < -0.3 is 14.5 Å². The Bertz CT molecular complexity index is 954. The van der Waals surface area contributed by atoms with Gasteiger partial charge >= 0.3 is 0 Å². The largest absolute Gasteiger partial charge is 0.484 e. The second-order valence-corrected chi connectivity index (χ2v) is 7.33. The van der Waals surface area contributed by atoms with Crippen LogP contribution < -0.4 is 10.1 Å². The molecule has 0 unspecified atom stereocenters. The van der Waals surface area contributed by atoms with Crippen LogP contribution in [0.3, 0.4) is 0 Å². The summed E-state index contributed by atoms with van der Waals surface area (Å²) in [4.78, 5) is 12.2. The third-order valence-corrected chi connectivity index (χ3v) is 4.96. The van der Waals surface area contributed by atoms with Gasteiger partial charge in [-0.25, -0.2) is 4.39 Å². The first kappa shape index (κ1) is 20.4. The van der Waals surface area contributed by atoms with Crippen LogP contribution in [0.5, 0.6) is 5.75 Å². The van der Waals surface area contributed by atoms with Crippen molar-refractivity contribution in [3.63, 3.8) is 0 Å². The van der Waals surface area contributed by atoms with E-state index in [-0.39, 0.29) is 23.3 Å². The lowest BCUT2D eigenvalue weighted by atomic mass is 10.3. The third kappa shape index (κ3) is 5.36.